The van der Waals surface area contributed by atoms with Crippen molar-refractivity contribution in [3.63, 3.8) is 0 Å². The summed E-state index contributed by atoms with van der Waals surface area (Å²) < 4.78 is 6.86. The molecule has 0 radical (unpaired) electrons. The minimum atomic E-state index is -0.819. The van der Waals surface area contributed by atoms with Crippen LogP contribution in [0.1, 0.15) is 18.1 Å². The largest absolute Gasteiger partial charge is 0.481 e. The summed E-state index contributed by atoms with van der Waals surface area (Å²) >= 11 is 0. The van der Waals surface area contributed by atoms with Gasteiger partial charge in [0.25, 0.3) is 17.4 Å². The maximum Gasteiger partial charge on any atom is 0.279 e. The Morgan fingerprint density at radius 1 is 1.10 bits per heavy atom. The molecule has 0 aliphatic carbocycles. The summed E-state index contributed by atoms with van der Waals surface area (Å²) in [5.74, 6) is -0.465. The average Bonchev–Trinajstić information content (AvgIpc) is 2.72. The number of hydrazine groups is 1. The molecule has 1 aromatic heterocycles. The minimum Gasteiger partial charge on any atom is -0.481 e. The van der Waals surface area contributed by atoms with Gasteiger partial charge in [-0.1, -0.05) is 24.3 Å². The fourth-order valence-electron chi connectivity index (χ4n) is 2.74. The molecule has 1 atom stereocenters. The van der Waals surface area contributed by atoms with Gasteiger partial charge in [-0.25, -0.2) is 4.98 Å². The molecular weight excluding hydrogens is 372 g/mol. The van der Waals surface area contributed by atoms with E-state index in [4.69, 9.17) is 4.74 Å². The molecule has 0 aliphatic heterocycles. The number of nitrogens with one attached hydrogen (secondary N) is 2. The molecule has 0 saturated carbocycles. The summed E-state index contributed by atoms with van der Waals surface area (Å²) in [5.41, 5.74) is 6.83. The van der Waals surface area contributed by atoms with Crippen LogP contribution < -0.4 is 21.1 Å². The van der Waals surface area contributed by atoms with Gasteiger partial charge in [0.15, 0.2) is 6.10 Å². The summed E-state index contributed by atoms with van der Waals surface area (Å²) in [4.78, 5) is 40.9. The van der Waals surface area contributed by atoms with Gasteiger partial charge >= 0.3 is 0 Å². The summed E-state index contributed by atoms with van der Waals surface area (Å²) in [7, 11) is 0. The third-order valence-corrected chi connectivity index (χ3v) is 4.60. The Labute approximate surface area is 167 Å². The smallest absolute Gasteiger partial charge is 0.279 e. The molecule has 2 aromatic carbocycles. The number of ether oxygens (including phenoxy) is 1. The standard InChI is InChI=1S/C21H22N4O4/c1-13-7-6-10-18(14(13)2)29-15(3)20(27)24-23-19(26)11-25-12-22-17-9-5-4-8-16(17)21(25)28/h4-10,12,15H,11H2,1-3H3,(H,23,26)(H,24,27)/t15-/m0/s1. The number of aromatic nitrogens is 2. The molecule has 8 nitrogen and oxygen atoms in total. The summed E-state index contributed by atoms with van der Waals surface area (Å²) in [6.45, 7) is 5.17. The Morgan fingerprint density at radius 2 is 1.86 bits per heavy atom. The van der Waals surface area contributed by atoms with Gasteiger partial charge in [0.1, 0.15) is 12.3 Å². The molecule has 150 valence electrons. The summed E-state index contributed by atoms with van der Waals surface area (Å²) in [6.07, 6.45) is 0.485. The first-order valence-corrected chi connectivity index (χ1v) is 9.12. The number of carbonyl (C=O) groups excluding carboxylic acids is 2. The van der Waals surface area contributed by atoms with Gasteiger partial charge in [0.05, 0.1) is 17.2 Å². The summed E-state index contributed by atoms with van der Waals surface area (Å²) in [5, 5.41) is 0.419. The van der Waals surface area contributed by atoms with Crippen LogP contribution >= 0.6 is 0 Å². The summed E-state index contributed by atoms with van der Waals surface area (Å²) in [6, 6.07) is 12.5. The lowest BCUT2D eigenvalue weighted by molar-refractivity contribution is -0.133. The number of hydrogen-bond donors (Lipinski definition) is 2. The average molecular weight is 394 g/mol. The van der Waals surface area contributed by atoms with E-state index in [0.717, 1.165) is 11.1 Å². The van der Waals surface area contributed by atoms with Gasteiger partial charge in [-0.3, -0.25) is 29.8 Å². The van der Waals surface area contributed by atoms with Crippen molar-refractivity contribution < 1.29 is 14.3 Å². The first kappa shape index (κ1) is 20.1. The molecule has 0 saturated heterocycles. The van der Waals surface area contributed by atoms with Crippen LogP contribution in [0.25, 0.3) is 10.9 Å². The van der Waals surface area contributed by atoms with E-state index < -0.39 is 17.9 Å². The Bertz CT molecular complexity index is 1120. The van der Waals surface area contributed by atoms with E-state index in [0.29, 0.717) is 16.7 Å². The first-order chi connectivity index (χ1) is 13.9. The third-order valence-electron chi connectivity index (χ3n) is 4.60. The van der Waals surface area contributed by atoms with E-state index in [1.165, 1.54) is 10.9 Å². The van der Waals surface area contributed by atoms with Crippen LogP contribution in [0.15, 0.2) is 53.6 Å². The normalized spacial score (nSPS) is 11.7. The number of para-hydroxylation sites is 1. The van der Waals surface area contributed by atoms with Crippen molar-refractivity contribution in [1.29, 1.82) is 0 Å². The number of nitrogens with zero attached hydrogens (tertiary/aromatic N) is 2. The molecule has 0 aliphatic rings. The number of benzene rings is 2. The van der Waals surface area contributed by atoms with Crippen LogP contribution in [0.2, 0.25) is 0 Å². The van der Waals surface area contributed by atoms with Crippen LogP contribution in [-0.4, -0.2) is 27.5 Å². The lowest BCUT2D eigenvalue weighted by atomic mass is 10.1. The molecule has 1 heterocycles. The molecule has 2 amide bonds. The highest BCUT2D eigenvalue weighted by Gasteiger charge is 2.17. The van der Waals surface area contributed by atoms with E-state index >= 15 is 0 Å². The highest BCUT2D eigenvalue weighted by molar-refractivity contribution is 5.84. The van der Waals surface area contributed by atoms with E-state index in [9.17, 15) is 14.4 Å². The molecule has 0 spiro atoms. The van der Waals surface area contributed by atoms with Crippen molar-refractivity contribution in [1.82, 2.24) is 20.4 Å². The molecule has 0 unspecified atom stereocenters. The monoisotopic (exact) mass is 394 g/mol. The number of rotatable bonds is 5. The number of hydrogen-bond acceptors (Lipinski definition) is 5. The van der Waals surface area contributed by atoms with E-state index in [2.05, 4.69) is 15.8 Å². The zero-order chi connectivity index (χ0) is 21.0. The maximum atomic E-state index is 12.4. The lowest BCUT2D eigenvalue weighted by Crippen LogP contribution is -2.48. The Morgan fingerprint density at radius 3 is 2.66 bits per heavy atom. The number of amides is 2. The highest BCUT2D eigenvalue weighted by Crippen LogP contribution is 2.21. The molecule has 0 fully saturated rings. The molecule has 8 heteroatoms. The van der Waals surface area contributed by atoms with E-state index in [-0.39, 0.29) is 12.1 Å². The molecule has 29 heavy (non-hydrogen) atoms. The third kappa shape index (κ3) is 4.60. The van der Waals surface area contributed by atoms with E-state index in [1.807, 2.05) is 26.0 Å². The van der Waals surface area contributed by atoms with Crippen LogP contribution in [0, 0.1) is 13.8 Å². The Kier molecular flexibility index (Phi) is 5.92. The quantitative estimate of drug-likeness (QED) is 0.641. The predicted molar refractivity (Wildman–Crippen MR) is 108 cm³/mol. The second-order valence-corrected chi connectivity index (χ2v) is 6.69. The number of fused-ring (bicyclic) bond motifs is 1. The zero-order valence-corrected chi connectivity index (χ0v) is 16.4. The van der Waals surface area contributed by atoms with Gasteiger partial charge in [0, 0.05) is 0 Å². The van der Waals surface area contributed by atoms with Crippen LogP contribution in [0.3, 0.4) is 0 Å². The van der Waals surface area contributed by atoms with Crippen LogP contribution in [-0.2, 0) is 16.1 Å². The maximum absolute atomic E-state index is 12.4. The lowest BCUT2D eigenvalue weighted by Gasteiger charge is -2.17. The number of aryl methyl sites for hydroxylation is 1. The number of carbonyl (C=O) groups is 2. The molecule has 2 N–H and O–H groups in total. The zero-order valence-electron chi connectivity index (χ0n) is 16.4. The molecule has 3 aromatic rings. The second kappa shape index (κ2) is 8.55. The van der Waals surface area contributed by atoms with Crippen LogP contribution in [0.5, 0.6) is 5.75 Å². The fourth-order valence-corrected chi connectivity index (χ4v) is 2.74. The van der Waals surface area contributed by atoms with Crippen molar-refractivity contribution in [3.05, 3.63) is 70.3 Å². The van der Waals surface area contributed by atoms with Crippen molar-refractivity contribution >= 4 is 22.7 Å². The van der Waals surface area contributed by atoms with E-state index in [1.54, 1.807) is 37.3 Å². The predicted octanol–water partition coefficient (Wildman–Crippen LogP) is 1.63. The van der Waals surface area contributed by atoms with Gasteiger partial charge in [-0.05, 0) is 50.1 Å². The van der Waals surface area contributed by atoms with Crippen molar-refractivity contribution in [3.8, 4) is 5.75 Å². The van der Waals surface area contributed by atoms with Crippen molar-refractivity contribution in [2.75, 3.05) is 0 Å². The van der Waals surface area contributed by atoms with Gasteiger partial charge in [-0.15, -0.1) is 0 Å². The van der Waals surface area contributed by atoms with Gasteiger partial charge < -0.3 is 4.74 Å². The van der Waals surface area contributed by atoms with Gasteiger partial charge in [0.2, 0.25) is 0 Å². The Balaban J connectivity index is 1.57. The fraction of sp³-hybridized carbons (Fsp3) is 0.238. The van der Waals surface area contributed by atoms with Gasteiger partial charge in [-0.2, -0.15) is 0 Å². The highest BCUT2D eigenvalue weighted by atomic mass is 16.5. The van der Waals surface area contributed by atoms with Crippen molar-refractivity contribution in [2.24, 2.45) is 0 Å². The minimum absolute atomic E-state index is 0.275. The Hall–Kier alpha value is -3.68. The first-order valence-electron chi connectivity index (χ1n) is 9.12. The second-order valence-electron chi connectivity index (χ2n) is 6.69. The van der Waals surface area contributed by atoms with Crippen LogP contribution in [0.4, 0.5) is 0 Å². The van der Waals surface area contributed by atoms with Crippen molar-refractivity contribution in [2.45, 2.75) is 33.4 Å². The molecule has 0 bridgehead atoms. The topological polar surface area (TPSA) is 102 Å². The molecule has 3 rings (SSSR count). The molecular formula is C21H22N4O4. The SMILES string of the molecule is Cc1cccc(O[C@@H](C)C(=O)NNC(=O)Cn2cnc3ccccc3c2=O)c1C.